The largest absolute Gasteiger partial charge is 0.407 e. The second-order valence-corrected chi connectivity index (χ2v) is 4.73. The molecule has 0 amide bonds. The third-order valence-corrected chi connectivity index (χ3v) is 1.98. The van der Waals surface area contributed by atoms with E-state index < -0.39 is 21.5 Å². The quantitative estimate of drug-likeness (QED) is 0.500. The minimum atomic E-state index is -4.93. The summed E-state index contributed by atoms with van der Waals surface area (Å²) in [6, 6.07) is 0. The van der Waals surface area contributed by atoms with E-state index in [0.717, 1.165) is 0 Å². The summed E-state index contributed by atoms with van der Waals surface area (Å²) in [6.07, 6.45) is -7.71. The van der Waals surface area contributed by atoms with Crippen LogP contribution in [0.15, 0.2) is 0 Å². The van der Waals surface area contributed by atoms with Crippen molar-refractivity contribution in [2.75, 3.05) is 0 Å². The molecule has 2 atom stereocenters. The van der Waals surface area contributed by atoms with Crippen molar-refractivity contribution in [2.45, 2.75) is 21.5 Å². The lowest BCUT2D eigenvalue weighted by Gasteiger charge is -2.22. The fourth-order valence-electron chi connectivity index (χ4n) is 0.332. The predicted molar refractivity (Wildman–Crippen MR) is 40.9 cm³/mol. The first-order valence-electron chi connectivity index (χ1n) is 2.48. The maximum absolute atomic E-state index is 12.6. The van der Waals surface area contributed by atoms with Gasteiger partial charge in [-0.15, -0.1) is 11.6 Å². The lowest BCUT2D eigenvalue weighted by atomic mass is 10.3. The fourth-order valence-corrected chi connectivity index (χ4v) is 1.09. The number of alkyl halides is 8. The first-order chi connectivity index (χ1) is 5.07. The molecule has 0 saturated heterocycles. The third-order valence-electron chi connectivity index (χ3n) is 0.882. The van der Waals surface area contributed by atoms with Crippen LogP contribution in [0.4, 0.5) is 17.6 Å². The number of rotatable bonds is 1. The molecular formula is C4H2Cl4F4. The molecule has 12 heavy (non-hydrogen) atoms. The molecule has 74 valence electrons. The molecule has 0 nitrogen and oxygen atoms in total. The first kappa shape index (κ1) is 12.9. The van der Waals surface area contributed by atoms with Crippen molar-refractivity contribution in [3.05, 3.63) is 0 Å². The molecule has 2 unspecified atom stereocenters. The maximum Gasteiger partial charge on any atom is 0.407 e. The molecule has 0 aromatic rings. The van der Waals surface area contributed by atoms with Gasteiger partial charge in [0.05, 0.1) is 0 Å². The van der Waals surface area contributed by atoms with Gasteiger partial charge in [0.1, 0.15) is 0 Å². The Bertz CT molecular complexity index is 132. The number of halogens is 8. The average molecular weight is 268 g/mol. The second kappa shape index (κ2) is 3.95. The first-order valence-corrected chi connectivity index (χ1v) is 4.05. The molecule has 0 bridgehead atoms. The summed E-state index contributed by atoms with van der Waals surface area (Å²) >= 11 is 19.2. The molecule has 0 aromatic carbocycles. The highest BCUT2D eigenvalue weighted by molar-refractivity contribution is 6.68. The Hall–Kier alpha value is 0.880. The lowest BCUT2D eigenvalue weighted by Crippen LogP contribution is -2.40. The van der Waals surface area contributed by atoms with Crippen LogP contribution in [0.5, 0.6) is 0 Å². The van der Waals surface area contributed by atoms with Gasteiger partial charge in [-0.05, 0) is 0 Å². The van der Waals surface area contributed by atoms with Crippen molar-refractivity contribution < 1.29 is 17.6 Å². The molecule has 0 radical (unpaired) electrons. The van der Waals surface area contributed by atoms with E-state index in [4.69, 9.17) is 34.8 Å². The Morgan fingerprint density at radius 1 is 1.00 bits per heavy atom. The van der Waals surface area contributed by atoms with Crippen molar-refractivity contribution in [1.82, 2.24) is 0 Å². The normalized spacial score (nSPS) is 19.0. The summed E-state index contributed by atoms with van der Waals surface area (Å²) in [6.45, 7) is 0. The Balaban J connectivity index is 4.41. The van der Waals surface area contributed by atoms with Gasteiger partial charge in [0.25, 0.3) is 0 Å². The van der Waals surface area contributed by atoms with Crippen LogP contribution in [0.25, 0.3) is 0 Å². The molecule has 0 aliphatic rings. The average Bonchev–Trinajstić information content (AvgIpc) is 1.80. The van der Waals surface area contributed by atoms with Crippen LogP contribution in [0.1, 0.15) is 0 Å². The Kier molecular flexibility index (Phi) is 4.23. The SMILES string of the molecule is FC(C(Cl)C(F)(F)F)C(Cl)(Cl)Cl. The number of hydrogen-bond acceptors (Lipinski definition) is 0. The van der Waals surface area contributed by atoms with E-state index in [-0.39, 0.29) is 0 Å². The van der Waals surface area contributed by atoms with Gasteiger partial charge < -0.3 is 0 Å². The fraction of sp³-hybridized carbons (Fsp3) is 1.00. The van der Waals surface area contributed by atoms with Gasteiger partial charge in [-0.25, -0.2) is 4.39 Å². The molecule has 0 N–H and O–H groups in total. The molecule has 0 saturated carbocycles. The standard InChI is InChI=1S/C4H2Cl4F4/c5-1(4(10,11)12)2(9)3(6,7)8/h1-2H. The van der Waals surface area contributed by atoms with Crippen LogP contribution in [0.3, 0.4) is 0 Å². The topological polar surface area (TPSA) is 0 Å². The lowest BCUT2D eigenvalue weighted by molar-refractivity contribution is -0.141. The van der Waals surface area contributed by atoms with Crippen LogP contribution in [0.2, 0.25) is 0 Å². The van der Waals surface area contributed by atoms with Crippen LogP contribution in [0, 0.1) is 0 Å². The summed E-state index contributed by atoms with van der Waals surface area (Å²) in [5.74, 6) is 0. The van der Waals surface area contributed by atoms with Gasteiger partial charge in [0, 0.05) is 0 Å². The van der Waals surface area contributed by atoms with E-state index in [1.54, 1.807) is 0 Å². The molecule has 0 fully saturated rings. The number of hydrogen-bond donors (Lipinski definition) is 0. The molecule has 0 rings (SSSR count). The van der Waals surface area contributed by atoms with Crippen LogP contribution >= 0.6 is 46.4 Å². The zero-order chi connectivity index (χ0) is 10.2. The molecule has 0 spiro atoms. The Morgan fingerprint density at radius 3 is 1.42 bits per heavy atom. The zero-order valence-electron chi connectivity index (χ0n) is 5.18. The summed E-state index contributed by atoms with van der Waals surface area (Å²) in [5, 5.41) is -2.81. The Morgan fingerprint density at radius 2 is 1.33 bits per heavy atom. The van der Waals surface area contributed by atoms with Gasteiger partial charge >= 0.3 is 6.18 Å². The molecule has 0 aliphatic carbocycles. The van der Waals surface area contributed by atoms with E-state index in [1.165, 1.54) is 0 Å². The van der Waals surface area contributed by atoms with E-state index in [0.29, 0.717) is 0 Å². The molecule has 0 aliphatic heterocycles. The van der Waals surface area contributed by atoms with E-state index in [2.05, 4.69) is 11.6 Å². The van der Waals surface area contributed by atoms with Gasteiger partial charge in [-0.2, -0.15) is 13.2 Å². The second-order valence-electron chi connectivity index (χ2n) is 1.89. The van der Waals surface area contributed by atoms with Crippen molar-refractivity contribution in [3.8, 4) is 0 Å². The van der Waals surface area contributed by atoms with E-state index >= 15 is 0 Å². The van der Waals surface area contributed by atoms with Gasteiger partial charge in [-0.1, -0.05) is 34.8 Å². The summed E-state index contributed by atoms with van der Waals surface area (Å²) in [4.78, 5) is 0. The third kappa shape index (κ3) is 3.73. The van der Waals surface area contributed by atoms with Crippen LogP contribution < -0.4 is 0 Å². The summed E-state index contributed by atoms with van der Waals surface area (Å²) in [5.41, 5.74) is 0. The highest BCUT2D eigenvalue weighted by atomic mass is 35.6. The summed E-state index contributed by atoms with van der Waals surface area (Å²) < 4.78 is 44.9. The van der Waals surface area contributed by atoms with Gasteiger partial charge in [0.2, 0.25) is 3.79 Å². The summed E-state index contributed by atoms with van der Waals surface area (Å²) in [7, 11) is 0. The Labute approximate surface area is 85.7 Å². The molecular weight excluding hydrogens is 266 g/mol. The van der Waals surface area contributed by atoms with Crippen LogP contribution in [-0.4, -0.2) is 21.5 Å². The van der Waals surface area contributed by atoms with Crippen molar-refractivity contribution >= 4 is 46.4 Å². The molecule has 0 heterocycles. The van der Waals surface area contributed by atoms with Gasteiger partial charge in [0.15, 0.2) is 11.5 Å². The smallest absolute Gasteiger partial charge is 0.241 e. The van der Waals surface area contributed by atoms with Crippen molar-refractivity contribution in [3.63, 3.8) is 0 Å². The van der Waals surface area contributed by atoms with Crippen LogP contribution in [-0.2, 0) is 0 Å². The van der Waals surface area contributed by atoms with Gasteiger partial charge in [-0.3, -0.25) is 0 Å². The maximum atomic E-state index is 12.6. The highest BCUT2D eigenvalue weighted by Crippen LogP contribution is 2.40. The monoisotopic (exact) mass is 266 g/mol. The van der Waals surface area contributed by atoms with Crippen molar-refractivity contribution in [1.29, 1.82) is 0 Å². The minimum Gasteiger partial charge on any atom is -0.241 e. The predicted octanol–water partition coefficient (Wildman–Crippen LogP) is 3.86. The van der Waals surface area contributed by atoms with E-state index in [1.807, 2.05) is 0 Å². The molecule has 0 aromatic heterocycles. The molecule has 8 heteroatoms. The zero-order valence-corrected chi connectivity index (χ0v) is 8.20. The minimum absolute atomic E-state index is 2.66. The highest BCUT2D eigenvalue weighted by Gasteiger charge is 2.51. The van der Waals surface area contributed by atoms with E-state index in [9.17, 15) is 17.6 Å². The van der Waals surface area contributed by atoms with Crippen molar-refractivity contribution in [2.24, 2.45) is 0 Å².